The maximum absolute atomic E-state index is 4.38. The maximum Gasteiger partial charge on any atom is 0.0572 e. The summed E-state index contributed by atoms with van der Waals surface area (Å²) in [6.07, 6.45) is 1.85. The number of likely N-dealkylation sites (N-methyl/N-ethyl adjacent to an activating group) is 1. The second-order valence-electron chi connectivity index (χ2n) is 3.95. The summed E-state index contributed by atoms with van der Waals surface area (Å²) in [5, 5.41) is 0. The van der Waals surface area contributed by atoms with Crippen molar-refractivity contribution in [1.82, 2.24) is 9.88 Å². The molecule has 0 spiro atoms. The number of aromatic nitrogens is 1. The number of hydrogen-bond donors (Lipinski definition) is 0. The van der Waals surface area contributed by atoms with Crippen LogP contribution in [0, 0.1) is 0 Å². The van der Waals surface area contributed by atoms with Crippen molar-refractivity contribution in [2.75, 3.05) is 13.1 Å². The van der Waals surface area contributed by atoms with E-state index in [1.807, 2.05) is 18.3 Å². The molecule has 0 aliphatic rings. The molecule has 0 bridgehead atoms. The van der Waals surface area contributed by atoms with Gasteiger partial charge in [0, 0.05) is 18.8 Å². The molecule has 0 radical (unpaired) electrons. The van der Waals surface area contributed by atoms with Crippen molar-refractivity contribution in [3.63, 3.8) is 0 Å². The lowest BCUT2D eigenvalue weighted by Crippen LogP contribution is -2.28. The molecule has 1 atom stereocenters. The van der Waals surface area contributed by atoms with E-state index in [4.69, 9.17) is 0 Å². The van der Waals surface area contributed by atoms with Gasteiger partial charge in [-0.25, -0.2) is 0 Å². The van der Waals surface area contributed by atoms with Gasteiger partial charge in [0.05, 0.1) is 5.69 Å². The molecule has 0 N–H and O–H groups in total. The predicted octanol–water partition coefficient (Wildman–Crippen LogP) is 3.04. The third-order valence-electron chi connectivity index (χ3n) is 2.54. The smallest absolute Gasteiger partial charge is 0.0572 e. The molecule has 0 aromatic carbocycles. The summed E-state index contributed by atoms with van der Waals surface area (Å²) in [6, 6.07) is 6.41. The van der Waals surface area contributed by atoms with E-state index in [1.54, 1.807) is 0 Å². The van der Waals surface area contributed by atoms with Gasteiger partial charge in [0.25, 0.3) is 0 Å². The summed E-state index contributed by atoms with van der Waals surface area (Å²) in [5.41, 5.74) is 2.32. The second kappa shape index (κ2) is 5.66. The third kappa shape index (κ3) is 3.48. The first-order valence-corrected chi connectivity index (χ1v) is 5.44. The van der Waals surface area contributed by atoms with Crippen molar-refractivity contribution in [2.24, 2.45) is 0 Å². The molecule has 2 heteroatoms. The van der Waals surface area contributed by atoms with E-state index in [9.17, 15) is 0 Å². The fourth-order valence-electron chi connectivity index (χ4n) is 1.68. The minimum absolute atomic E-state index is 0.355. The standard InChI is InChI=1S/C13H20N2/c1-5-15(10-11(2)3)12(4)13-8-6-7-9-14-13/h6-9,12H,2,5,10H2,1,3-4H3/t12-/m0/s1. The number of hydrogen-bond acceptors (Lipinski definition) is 2. The first-order chi connectivity index (χ1) is 7.15. The van der Waals surface area contributed by atoms with E-state index in [-0.39, 0.29) is 0 Å². The van der Waals surface area contributed by atoms with Crippen LogP contribution in [-0.4, -0.2) is 23.0 Å². The van der Waals surface area contributed by atoms with Crippen LogP contribution in [0.2, 0.25) is 0 Å². The van der Waals surface area contributed by atoms with E-state index in [1.165, 1.54) is 5.57 Å². The molecule has 2 nitrogen and oxygen atoms in total. The zero-order chi connectivity index (χ0) is 11.3. The van der Waals surface area contributed by atoms with Gasteiger partial charge in [-0.15, -0.1) is 0 Å². The van der Waals surface area contributed by atoms with Crippen LogP contribution in [0.4, 0.5) is 0 Å². The topological polar surface area (TPSA) is 16.1 Å². The molecule has 0 aliphatic heterocycles. The van der Waals surface area contributed by atoms with E-state index < -0.39 is 0 Å². The number of pyridine rings is 1. The molecule has 0 fully saturated rings. The van der Waals surface area contributed by atoms with Gasteiger partial charge in [0.2, 0.25) is 0 Å². The molecule has 1 aromatic rings. The Hall–Kier alpha value is -1.15. The molecule has 1 heterocycles. The zero-order valence-corrected chi connectivity index (χ0v) is 9.90. The van der Waals surface area contributed by atoms with Crippen molar-refractivity contribution in [3.8, 4) is 0 Å². The van der Waals surface area contributed by atoms with Gasteiger partial charge < -0.3 is 0 Å². The Balaban J connectivity index is 2.73. The Morgan fingerprint density at radius 1 is 1.53 bits per heavy atom. The van der Waals surface area contributed by atoms with Gasteiger partial charge >= 0.3 is 0 Å². The first kappa shape index (κ1) is 11.9. The predicted molar refractivity (Wildman–Crippen MR) is 64.7 cm³/mol. The van der Waals surface area contributed by atoms with E-state index >= 15 is 0 Å². The molecule has 15 heavy (non-hydrogen) atoms. The van der Waals surface area contributed by atoms with Crippen LogP contribution in [0.25, 0.3) is 0 Å². The fraction of sp³-hybridized carbons (Fsp3) is 0.462. The second-order valence-corrected chi connectivity index (χ2v) is 3.95. The maximum atomic E-state index is 4.38. The van der Waals surface area contributed by atoms with E-state index in [0.717, 1.165) is 18.8 Å². The van der Waals surface area contributed by atoms with Gasteiger partial charge in [-0.05, 0) is 32.5 Å². The van der Waals surface area contributed by atoms with Crippen LogP contribution < -0.4 is 0 Å². The van der Waals surface area contributed by atoms with E-state index in [2.05, 4.69) is 43.3 Å². The van der Waals surface area contributed by atoms with Crippen LogP contribution in [0.5, 0.6) is 0 Å². The molecule has 0 aliphatic carbocycles. The van der Waals surface area contributed by atoms with Crippen LogP contribution in [-0.2, 0) is 0 Å². The van der Waals surface area contributed by atoms with Crippen molar-refractivity contribution >= 4 is 0 Å². The average Bonchev–Trinajstić information content (AvgIpc) is 2.26. The summed E-state index contributed by atoms with van der Waals surface area (Å²) in [5.74, 6) is 0. The van der Waals surface area contributed by atoms with Gasteiger partial charge in [-0.3, -0.25) is 9.88 Å². The lowest BCUT2D eigenvalue weighted by Gasteiger charge is -2.27. The SMILES string of the molecule is C=C(C)CN(CC)[C@@H](C)c1ccccn1. The molecular formula is C13H20N2. The van der Waals surface area contributed by atoms with Gasteiger partial charge in [-0.2, -0.15) is 0 Å². The highest BCUT2D eigenvalue weighted by atomic mass is 15.2. The Labute approximate surface area is 92.6 Å². The number of nitrogens with zero attached hydrogens (tertiary/aromatic N) is 2. The van der Waals surface area contributed by atoms with Crippen LogP contribution in [0.15, 0.2) is 36.5 Å². The van der Waals surface area contributed by atoms with Crippen LogP contribution in [0.1, 0.15) is 32.5 Å². The third-order valence-corrected chi connectivity index (χ3v) is 2.54. The average molecular weight is 204 g/mol. The fourth-order valence-corrected chi connectivity index (χ4v) is 1.68. The molecule has 82 valence electrons. The minimum Gasteiger partial charge on any atom is -0.291 e. The molecule has 1 aromatic heterocycles. The quantitative estimate of drug-likeness (QED) is 0.685. The molecule has 0 amide bonds. The number of rotatable bonds is 5. The Morgan fingerprint density at radius 2 is 2.27 bits per heavy atom. The first-order valence-electron chi connectivity index (χ1n) is 5.44. The summed E-state index contributed by atoms with van der Waals surface area (Å²) >= 11 is 0. The Morgan fingerprint density at radius 3 is 2.73 bits per heavy atom. The normalized spacial score (nSPS) is 12.8. The van der Waals surface area contributed by atoms with E-state index in [0.29, 0.717) is 6.04 Å². The molecule has 1 rings (SSSR count). The van der Waals surface area contributed by atoms with Crippen molar-refractivity contribution < 1.29 is 0 Å². The van der Waals surface area contributed by atoms with Crippen molar-refractivity contribution in [1.29, 1.82) is 0 Å². The molecule has 0 saturated heterocycles. The largest absolute Gasteiger partial charge is 0.291 e. The summed E-state index contributed by atoms with van der Waals surface area (Å²) in [6.45, 7) is 12.3. The monoisotopic (exact) mass is 204 g/mol. The summed E-state index contributed by atoms with van der Waals surface area (Å²) in [4.78, 5) is 6.75. The van der Waals surface area contributed by atoms with Gasteiger partial charge in [0.15, 0.2) is 0 Å². The molecular weight excluding hydrogens is 184 g/mol. The lowest BCUT2D eigenvalue weighted by atomic mass is 10.1. The minimum atomic E-state index is 0.355. The zero-order valence-electron chi connectivity index (χ0n) is 9.90. The summed E-state index contributed by atoms with van der Waals surface area (Å²) in [7, 11) is 0. The van der Waals surface area contributed by atoms with Gasteiger partial charge in [-0.1, -0.05) is 25.1 Å². The van der Waals surface area contributed by atoms with Crippen LogP contribution in [0.3, 0.4) is 0 Å². The van der Waals surface area contributed by atoms with Gasteiger partial charge in [0.1, 0.15) is 0 Å². The highest BCUT2D eigenvalue weighted by Gasteiger charge is 2.14. The summed E-state index contributed by atoms with van der Waals surface area (Å²) < 4.78 is 0. The van der Waals surface area contributed by atoms with Crippen molar-refractivity contribution in [2.45, 2.75) is 26.8 Å². The molecule has 0 saturated carbocycles. The Bertz CT molecular complexity index is 306. The van der Waals surface area contributed by atoms with Crippen LogP contribution >= 0.6 is 0 Å². The highest BCUT2D eigenvalue weighted by molar-refractivity contribution is 5.09. The molecule has 0 unspecified atom stereocenters. The highest BCUT2D eigenvalue weighted by Crippen LogP contribution is 2.17. The van der Waals surface area contributed by atoms with Crippen molar-refractivity contribution in [3.05, 3.63) is 42.2 Å². The lowest BCUT2D eigenvalue weighted by molar-refractivity contribution is 0.237. The Kier molecular flexibility index (Phi) is 4.50.